The lowest BCUT2D eigenvalue weighted by molar-refractivity contribution is -0.493. The van der Waals surface area contributed by atoms with Gasteiger partial charge in [0.25, 0.3) is 0 Å². The largest absolute Gasteiger partial charge is 0.460 e. The van der Waals surface area contributed by atoms with E-state index in [4.69, 9.17) is 5.11 Å². The van der Waals surface area contributed by atoms with Crippen LogP contribution in [-0.2, 0) is 0 Å². The smallest absolute Gasteiger partial charge is 0.392 e. The number of likely N-dealkylation sites (N-methyl/N-ethyl adjacent to an activating group) is 1. The fourth-order valence-corrected chi connectivity index (χ4v) is 3.90. The van der Waals surface area contributed by atoms with Gasteiger partial charge in [0.05, 0.1) is 6.10 Å². The topological polar surface area (TPSA) is 32.3 Å². The van der Waals surface area contributed by atoms with E-state index in [1.165, 1.54) is 5.32 Å². The van der Waals surface area contributed by atoms with Crippen LogP contribution in [0.3, 0.4) is 0 Å². The third-order valence-electron chi connectivity index (χ3n) is 7.66. The second kappa shape index (κ2) is 14.7. The first-order chi connectivity index (χ1) is 25.7. The number of hydrogen-bond acceptors (Lipinski definition) is 2. The molecule has 0 bridgehead atoms. The lowest BCUT2D eigenvalue weighted by Crippen LogP contribution is -2.80. The molecule has 0 fully saturated rings. The fourth-order valence-electron chi connectivity index (χ4n) is 3.90. The first-order valence-electron chi connectivity index (χ1n) is 13.5. The fraction of sp³-hybridized carbons (Fsp3) is 1.00. The summed E-state index contributed by atoms with van der Waals surface area (Å²) in [6.45, 7) is -1.52. The Morgan fingerprint density at radius 2 is 0.426 bits per heavy atom. The first kappa shape index (κ1) is 58.3. The molecule has 0 saturated heterocycles. The molecule has 61 heavy (non-hydrogen) atoms. The summed E-state index contributed by atoms with van der Waals surface area (Å²) in [5.41, 5.74) is 0. The molecule has 368 valence electrons. The molecule has 1 atom stereocenters. The molecular formula is C22H10F37NO. The maximum Gasteiger partial charge on any atom is 0.460 e. The summed E-state index contributed by atoms with van der Waals surface area (Å²) in [5, 5.41) is 10.5. The Bertz CT molecular complexity index is 1550. The molecule has 0 radical (unpaired) electrons. The standard InChI is InChI=1S/C22H10F37NO/c1-60-3-4(61)2-5(23,24)6(25,26)7(27,28)8(29,30)9(31,32)10(33,34)11(35,36)12(37,38)13(39,40)14(41,42)15(43,44)16(45,46)17(47,48)18(49,50)19(51,52)20(53,54)21(55,56)22(57,58)59/h4,60-61H,2-3H2,1H3. The van der Waals surface area contributed by atoms with Crippen molar-refractivity contribution in [3.05, 3.63) is 0 Å². The van der Waals surface area contributed by atoms with E-state index in [0.717, 1.165) is 0 Å². The molecule has 0 aromatic rings. The zero-order valence-electron chi connectivity index (χ0n) is 26.9. The minimum atomic E-state index is -10.4. The highest BCUT2D eigenvalue weighted by Crippen LogP contribution is 2.70. The Morgan fingerprint density at radius 1 is 0.279 bits per heavy atom. The van der Waals surface area contributed by atoms with Crippen LogP contribution in [0.5, 0.6) is 0 Å². The summed E-state index contributed by atoms with van der Waals surface area (Å²) >= 11 is 0. The highest BCUT2D eigenvalue weighted by atomic mass is 19.4. The van der Waals surface area contributed by atoms with Crippen LogP contribution < -0.4 is 5.32 Å². The number of nitrogens with one attached hydrogen (secondary N) is 1. The molecular weight excluding hydrogens is 997 g/mol. The maximum absolute atomic E-state index is 14.0. The van der Waals surface area contributed by atoms with Crippen molar-refractivity contribution in [2.75, 3.05) is 13.6 Å². The zero-order valence-corrected chi connectivity index (χ0v) is 26.9. The molecule has 0 aromatic carbocycles. The molecule has 0 aliphatic rings. The normalized spacial score (nSPS) is 17.6. The third-order valence-corrected chi connectivity index (χ3v) is 7.66. The predicted octanol–water partition coefficient (Wildman–Crippen LogP) is 11.3. The number of rotatable bonds is 20. The number of aliphatic hydroxyl groups excluding tert-OH is 1. The molecule has 2 N–H and O–H groups in total. The van der Waals surface area contributed by atoms with Crippen molar-refractivity contribution in [1.82, 2.24) is 5.32 Å². The quantitative estimate of drug-likeness (QED) is 0.119. The maximum atomic E-state index is 14.0. The van der Waals surface area contributed by atoms with Crippen molar-refractivity contribution in [3.8, 4) is 0 Å². The Kier molecular flexibility index (Phi) is 14.0. The third kappa shape index (κ3) is 7.00. The van der Waals surface area contributed by atoms with Crippen LogP contribution in [-0.4, -0.2) is 132 Å². The highest BCUT2D eigenvalue weighted by Gasteiger charge is 3.02. The van der Waals surface area contributed by atoms with Gasteiger partial charge in [-0.1, -0.05) is 0 Å². The van der Waals surface area contributed by atoms with Crippen molar-refractivity contribution in [3.63, 3.8) is 0 Å². The summed E-state index contributed by atoms with van der Waals surface area (Å²) in [4.78, 5) is 0. The van der Waals surface area contributed by atoms with Gasteiger partial charge in [-0.15, -0.1) is 0 Å². The van der Waals surface area contributed by atoms with Gasteiger partial charge in [0, 0.05) is 13.0 Å². The van der Waals surface area contributed by atoms with Crippen LogP contribution in [0.25, 0.3) is 0 Å². The molecule has 0 aliphatic carbocycles. The van der Waals surface area contributed by atoms with E-state index in [2.05, 4.69) is 0 Å². The summed E-state index contributed by atoms with van der Waals surface area (Å²) in [5.74, 6) is -166. The Morgan fingerprint density at radius 3 is 0.574 bits per heavy atom. The van der Waals surface area contributed by atoms with Gasteiger partial charge in [0.2, 0.25) is 0 Å². The first-order valence-corrected chi connectivity index (χ1v) is 13.5. The summed E-state index contributed by atoms with van der Waals surface area (Å²) < 4.78 is 505. The monoisotopic (exact) mass is 1010 g/mol. The van der Waals surface area contributed by atoms with Crippen LogP contribution in [0.1, 0.15) is 6.42 Å². The van der Waals surface area contributed by atoms with E-state index in [1.54, 1.807) is 0 Å². The van der Waals surface area contributed by atoms with Crippen LogP contribution in [0.15, 0.2) is 0 Å². The highest BCUT2D eigenvalue weighted by molar-refractivity contribution is 5.23. The minimum absolute atomic E-state index is 0.573. The number of aliphatic hydroxyl groups is 1. The van der Waals surface area contributed by atoms with Crippen molar-refractivity contribution in [1.29, 1.82) is 0 Å². The molecule has 0 spiro atoms. The number of hydrogen-bond donors (Lipinski definition) is 2. The molecule has 39 heteroatoms. The van der Waals surface area contributed by atoms with E-state index in [-0.39, 0.29) is 0 Å². The van der Waals surface area contributed by atoms with Gasteiger partial charge >= 0.3 is 107 Å². The Balaban J connectivity index is 7.83. The van der Waals surface area contributed by atoms with Gasteiger partial charge < -0.3 is 10.4 Å². The Labute approximate surface area is 307 Å². The lowest BCUT2D eigenvalue weighted by atomic mass is 9.82. The van der Waals surface area contributed by atoms with Crippen LogP contribution in [0, 0.1) is 0 Å². The molecule has 0 saturated carbocycles. The van der Waals surface area contributed by atoms with Crippen molar-refractivity contribution >= 4 is 0 Å². The van der Waals surface area contributed by atoms with Crippen LogP contribution >= 0.6 is 0 Å². The molecule has 0 aliphatic heterocycles. The molecule has 0 amide bonds. The number of halogens is 37. The van der Waals surface area contributed by atoms with E-state index in [1.807, 2.05) is 0 Å². The summed E-state index contributed by atoms with van der Waals surface area (Å²) in [6.07, 6.45) is -15.1. The number of alkyl halides is 37. The lowest BCUT2D eigenvalue weighted by Gasteiger charge is -2.47. The second-order valence-electron chi connectivity index (χ2n) is 11.8. The van der Waals surface area contributed by atoms with Crippen molar-refractivity contribution in [2.24, 2.45) is 0 Å². The van der Waals surface area contributed by atoms with Gasteiger partial charge in [0.15, 0.2) is 0 Å². The van der Waals surface area contributed by atoms with Gasteiger partial charge in [-0.3, -0.25) is 0 Å². The van der Waals surface area contributed by atoms with Crippen LogP contribution in [0.4, 0.5) is 162 Å². The van der Waals surface area contributed by atoms with E-state index >= 15 is 0 Å². The zero-order chi connectivity index (χ0) is 50.7. The van der Waals surface area contributed by atoms with Gasteiger partial charge in [-0.05, 0) is 7.05 Å². The average Bonchev–Trinajstić information content (AvgIpc) is 3.02. The summed E-state index contributed by atoms with van der Waals surface area (Å²) in [7, 11) is 0.573. The van der Waals surface area contributed by atoms with Gasteiger partial charge in [-0.2, -0.15) is 162 Å². The summed E-state index contributed by atoms with van der Waals surface area (Å²) in [6, 6.07) is 0. The Hall–Kier alpha value is -2.67. The molecule has 0 heterocycles. The van der Waals surface area contributed by atoms with Crippen LogP contribution in [0.2, 0.25) is 0 Å². The molecule has 0 rings (SSSR count). The predicted molar refractivity (Wildman–Crippen MR) is 115 cm³/mol. The van der Waals surface area contributed by atoms with Gasteiger partial charge in [0.1, 0.15) is 0 Å². The minimum Gasteiger partial charge on any atom is -0.392 e. The molecule has 0 aromatic heterocycles. The van der Waals surface area contributed by atoms with E-state index in [9.17, 15) is 162 Å². The van der Waals surface area contributed by atoms with Crippen molar-refractivity contribution in [2.45, 2.75) is 119 Å². The van der Waals surface area contributed by atoms with E-state index in [0.29, 0.717) is 7.05 Å². The SMILES string of the molecule is CNCC(O)CC(F)(F)C(F)(F)C(F)(F)C(F)(F)C(F)(F)C(F)(F)C(F)(F)C(F)(F)C(F)(F)C(F)(F)C(F)(F)C(F)(F)C(F)(F)C(F)(F)C(F)(F)C(F)(F)C(F)(F)C(F)(F)F. The average molecular weight is 1010 g/mol. The van der Waals surface area contributed by atoms with Gasteiger partial charge in [-0.25, -0.2) is 0 Å². The van der Waals surface area contributed by atoms with Crippen molar-refractivity contribution < 1.29 is 168 Å². The second-order valence-corrected chi connectivity index (χ2v) is 11.8. The molecule has 1 unspecified atom stereocenters. The van der Waals surface area contributed by atoms with E-state index < -0.39 is 126 Å². The molecule has 2 nitrogen and oxygen atoms in total.